The van der Waals surface area contributed by atoms with Crippen molar-refractivity contribution in [1.29, 1.82) is 0 Å². The van der Waals surface area contributed by atoms with Crippen LogP contribution in [0, 0.1) is 5.82 Å². The highest BCUT2D eigenvalue weighted by Gasteiger charge is 2.29. The molecule has 0 bridgehead atoms. The first-order valence-corrected chi connectivity index (χ1v) is 7.23. The summed E-state index contributed by atoms with van der Waals surface area (Å²) in [5.41, 5.74) is 0.740. The third kappa shape index (κ3) is 2.61. The molecule has 0 amide bonds. The van der Waals surface area contributed by atoms with Crippen molar-refractivity contribution in [2.45, 2.75) is 44.3 Å². The van der Waals surface area contributed by atoms with Gasteiger partial charge in [0.05, 0.1) is 6.33 Å². The predicted octanol–water partition coefficient (Wildman–Crippen LogP) is 3.47. The summed E-state index contributed by atoms with van der Waals surface area (Å²) in [6.07, 6.45) is 9.18. The number of hydrogen-bond donors (Lipinski definition) is 1. The maximum Gasteiger partial charge on any atom is 0.127 e. The van der Waals surface area contributed by atoms with Gasteiger partial charge in [0.1, 0.15) is 5.82 Å². The van der Waals surface area contributed by atoms with Crippen molar-refractivity contribution in [2.24, 2.45) is 0 Å². The van der Waals surface area contributed by atoms with Gasteiger partial charge in [-0.3, -0.25) is 0 Å². The van der Waals surface area contributed by atoms with Crippen molar-refractivity contribution in [3.8, 4) is 0 Å². The van der Waals surface area contributed by atoms with Gasteiger partial charge in [0, 0.05) is 36.1 Å². The zero-order chi connectivity index (χ0) is 13.9. The number of imidazole rings is 1. The van der Waals surface area contributed by atoms with Crippen LogP contribution in [0.25, 0.3) is 0 Å². The molecule has 1 saturated carbocycles. The van der Waals surface area contributed by atoms with Crippen molar-refractivity contribution in [3.05, 3.63) is 54.4 Å². The molecule has 106 valence electrons. The van der Waals surface area contributed by atoms with Gasteiger partial charge in [-0.1, -0.05) is 18.2 Å². The van der Waals surface area contributed by atoms with Gasteiger partial charge in [0.25, 0.3) is 0 Å². The van der Waals surface area contributed by atoms with Gasteiger partial charge >= 0.3 is 0 Å². The van der Waals surface area contributed by atoms with Crippen LogP contribution in [-0.2, 0) is 0 Å². The molecule has 1 aromatic carbocycles. The first kappa shape index (κ1) is 13.3. The monoisotopic (exact) mass is 273 g/mol. The standard InChI is InChI=1S/C16H20FN3/c1-12(13-5-2-3-6-14(13)17)19-15-7-4-8-16(15)20-10-9-18-11-20/h2-3,5-6,9-12,15-16,19H,4,7-8H2,1H3. The summed E-state index contributed by atoms with van der Waals surface area (Å²) in [5, 5.41) is 3.59. The highest BCUT2D eigenvalue weighted by atomic mass is 19.1. The quantitative estimate of drug-likeness (QED) is 0.924. The predicted molar refractivity (Wildman–Crippen MR) is 76.9 cm³/mol. The van der Waals surface area contributed by atoms with Crippen LogP contribution in [0.2, 0.25) is 0 Å². The second-order valence-electron chi connectivity index (χ2n) is 5.52. The molecule has 1 aliphatic rings. The average molecular weight is 273 g/mol. The molecule has 1 N–H and O–H groups in total. The van der Waals surface area contributed by atoms with Crippen LogP contribution < -0.4 is 5.32 Å². The van der Waals surface area contributed by atoms with E-state index < -0.39 is 0 Å². The summed E-state index contributed by atoms with van der Waals surface area (Å²) < 4.78 is 16.0. The topological polar surface area (TPSA) is 29.9 Å². The van der Waals surface area contributed by atoms with Gasteiger partial charge < -0.3 is 9.88 Å². The Bertz CT molecular complexity index is 553. The Balaban J connectivity index is 1.72. The zero-order valence-corrected chi connectivity index (χ0v) is 11.7. The second-order valence-corrected chi connectivity index (χ2v) is 5.52. The normalized spacial score (nSPS) is 23.9. The summed E-state index contributed by atoms with van der Waals surface area (Å²) in [6, 6.07) is 7.81. The van der Waals surface area contributed by atoms with Crippen molar-refractivity contribution < 1.29 is 4.39 Å². The smallest absolute Gasteiger partial charge is 0.127 e. The molecule has 1 aromatic heterocycles. The highest BCUT2D eigenvalue weighted by molar-refractivity contribution is 5.20. The van der Waals surface area contributed by atoms with E-state index in [2.05, 4.69) is 14.9 Å². The average Bonchev–Trinajstić information content (AvgIpc) is 3.09. The van der Waals surface area contributed by atoms with E-state index in [0.29, 0.717) is 12.1 Å². The van der Waals surface area contributed by atoms with E-state index in [9.17, 15) is 4.39 Å². The lowest BCUT2D eigenvalue weighted by molar-refractivity contribution is 0.358. The molecule has 3 rings (SSSR count). The molecular formula is C16H20FN3. The van der Waals surface area contributed by atoms with E-state index in [1.807, 2.05) is 37.8 Å². The molecule has 4 heteroatoms. The lowest BCUT2D eigenvalue weighted by Crippen LogP contribution is -2.35. The molecule has 3 nitrogen and oxygen atoms in total. The van der Waals surface area contributed by atoms with Crippen LogP contribution in [0.3, 0.4) is 0 Å². The molecule has 3 atom stereocenters. The molecule has 0 spiro atoms. The lowest BCUT2D eigenvalue weighted by Gasteiger charge is -2.26. The molecule has 0 radical (unpaired) electrons. The zero-order valence-electron chi connectivity index (χ0n) is 11.7. The Kier molecular flexibility index (Phi) is 3.83. The van der Waals surface area contributed by atoms with Gasteiger partial charge in [0.2, 0.25) is 0 Å². The number of benzene rings is 1. The number of halogens is 1. The Hall–Kier alpha value is -1.68. The van der Waals surface area contributed by atoms with Crippen LogP contribution in [0.15, 0.2) is 43.0 Å². The fourth-order valence-corrected chi connectivity index (χ4v) is 3.19. The summed E-state index contributed by atoms with van der Waals surface area (Å²) in [4.78, 5) is 4.13. The van der Waals surface area contributed by atoms with Crippen LogP contribution in [-0.4, -0.2) is 15.6 Å². The van der Waals surface area contributed by atoms with Gasteiger partial charge in [-0.25, -0.2) is 9.37 Å². The molecule has 20 heavy (non-hydrogen) atoms. The number of nitrogens with zero attached hydrogens (tertiary/aromatic N) is 2. The third-order valence-corrected chi connectivity index (χ3v) is 4.22. The Morgan fingerprint density at radius 3 is 2.95 bits per heavy atom. The van der Waals surface area contributed by atoms with E-state index in [1.165, 1.54) is 12.5 Å². The third-order valence-electron chi connectivity index (χ3n) is 4.22. The number of aromatic nitrogens is 2. The molecule has 0 saturated heterocycles. The first-order chi connectivity index (χ1) is 9.75. The van der Waals surface area contributed by atoms with Crippen molar-refractivity contribution >= 4 is 0 Å². The van der Waals surface area contributed by atoms with Crippen LogP contribution >= 0.6 is 0 Å². The second kappa shape index (κ2) is 5.75. The van der Waals surface area contributed by atoms with E-state index in [-0.39, 0.29) is 11.9 Å². The van der Waals surface area contributed by atoms with Crippen LogP contribution in [0.5, 0.6) is 0 Å². The number of rotatable bonds is 4. The molecule has 0 aliphatic heterocycles. The summed E-state index contributed by atoms with van der Waals surface area (Å²) >= 11 is 0. The molecule has 3 unspecified atom stereocenters. The van der Waals surface area contributed by atoms with Gasteiger partial charge in [-0.15, -0.1) is 0 Å². The Morgan fingerprint density at radius 2 is 2.20 bits per heavy atom. The molecule has 1 fully saturated rings. The van der Waals surface area contributed by atoms with Crippen molar-refractivity contribution in [3.63, 3.8) is 0 Å². The highest BCUT2D eigenvalue weighted by Crippen LogP contribution is 2.32. The maximum absolute atomic E-state index is 13.8. The molecule has 2 aromatic rings. The van der Waals surface area contributed by atoms with Gasteiger partial charge in [-0.05, 0) is 32.3 Å². The fraction of sp³-hybridized carbons (Fsp3) is 0.438. The van der Waals surface area contributed by atoms with E-state index in [0.717, 1.165) is 18.4 Å². The summed E-state index contributed by atoms with van der Waals surface area (Å²) in [5.74, 6) is -0.135. The minimum atomic E-state index is -0.135. The SMILES string of the molecule is CC(NC1CCCC1n1ccnc1)c1ccccc1F. The van der Waals surface area contributed by atoms with Crippen LogP contribution in [0.4, 0.5) is 4.39 Å². The first-order valence-electron chi connectivity index (χ1n) is 7.23. The lowest BCUT2D eigenvalue weighted by atomic mass is 10.0. The largest absolute Gasteiger partial charge is 0.333 e. The van der Waals surface area contributed by atoms with Gasteiger partial charge in [0.15, 0.2) is 0 Å². The van der Waals surface area contributed by atoms with Gasteiger partial charge in [-0.2, -0.15) is 0 Å². The number of hydrogen-bond acceptors (Lipinski definition) is 2. The molecular weight excluding hydrogens is 253 g/mol. The summed E-state index contributed by atoms with van der Waals surface area (Å²) in [6.45, 7) is 2.03. The molecule has 1 heterocycles. The summed E-state index contributed by atoms with van der Waals surface area (Å²) in [7, 11) is 0. The number of nitrogens with one attached hydrogen (secondary N) is 1. The Morgan fingerprint density at radius 1 is 1.35 bits per heavy atom. The van der Waals surface area contributed by atoms with Crippen molar-refractivity contribution in [2.75, 3.05) is 0 Å². The van der Waals surface area contributed by atoms with E-state index >= 15 is 0 Å². The van der Waals surface area contributed by atoms with Crippen LogP contribution in [0.1, 0.15) is 43.8 Å². The minimum Gasteiger partial charge on any atom is -0.333 e. The van der Waals surface area contributed by atoms with Crippen molar-refractivity contribution in [1.82, 2.24) is 14.9 Å². The van der Waals surface area contributed by atoms with E-state index in [1.54, 1.807) is 6.07 Å². The maximum atomic E-state index is 13.8. The Labute approximate surface area is 118 Å². The fourth-order valence-electron chi connectivity index (χ4n) is 3.19. The minimum absolute atomic E-state index is 0.0188. The molecule has 1 aliphatic carbocycles. The van der Waals surface area contributed by atoms with E-state index in [4.69, 9.17) is 0 Å².